The van der Waals surface area contributed by atoms with Crippen molar-refractivity contribution in [2.45, 2.75) is 17.7 Å². The van der Waals surface area contributed by atoms with Crippen LogP contribution in [0.2, 0.25) is 0 Å². The van der Waals surface area contributed by atoms with Crippen molar-refractivity contribution < 1.29 is 14.2 Å². The Labute approximate surface area is 130 Å². The first kappa shape index (κ1) is 15.0. The predicted octanol–water partition coefficient (Wildman–Crippen LogP) is 2.57. The van der Waals surface area contributed by atoms with Crippen LogP contribution in [0.15, 0.2) is 23.1 Å². The number of hydrogen-bond donors (Lipinski definition) is 1. The third-order valence-electron chi connectivity index (χ3n) is 3.72. The van der Waals surface area contributed by atoms with E-state index in [-0.39, 0.29) is 0 Å². The molecule has 4 nitrogen and oxygen atoms in total. The zero-order valence-electron chi connectivity index (χ0n) is 12.3. The summed E-state index contributed by atoms with van der Waals surface area (Å²) in [6.07, 6.45) is 2.15. The molecule has 0 aromatic heterocycles. The van der Waals surface area contributed by atoms with Crippen LogP contribution < -0.4 is 14.8 Å². The molecule has 2 aliphatic heterocycles. The van der Waals surface area contributed by atoms with E-state index in [0.717, 1.165) is 63.2 Å². The first-order valence-corrected chi connectivity index (χ1v) is 8.71. The minimum atomic E-state index is 0.702. The molecule has 0 aliphatic carbocycles. The van der Waals surface area contributed by atoms with Gasteiger partial charge in [-0.25, -0.2) is 0 Å². The fraction of sp³-hybridized carbons (Fsp3) is 0.625. The van der Waals surface area contributed by atoms with E-state index in [2.05, 4.69) is 17.4 Å². The van der Waals surface area contributed by atoms with Crippen molar-refractivity contribution >= 4 is 11.8 Å². The van der Waals surface area contributed by atoms with Crippen LogP contribution in [-0.4, -0.2) is 45.3 Å². The van der Waals surface area contributed by atoms with E-state index in [1.807, 2.05) is 17.8 Å². The van der Waals surface area contributed by atoms with Gasteiger partial charge in [0.2, 0.25) is 0 Å². The van der Waals surface area contributed by atoms with Crippen molar-refractivity contribution in [2.24, 2.45) is 5.92 Å². The molecule has 2 aliphatic rings. The zero-order chi connectivity index (χ0) is 14.3. The molecular weight excluding hydrogens is 286 g/mol. The van der Waals surface area contributed by atoms with E-state index in [1.54, 1.807) is 0 Å². The Hall–Kier alpha value is -0.910. The van der Waals surface area contributed by atoms with Gasteiger partial charge in [0.1, 0.15) is 0 Å². The zero-order valence-corrected chi connectivity index (χ0v) is 13.1. The van der Waals surface area contributed by atoms with Crippen LogP contribution in [0.1, 0.15) is 12.8 Å². The lowest BCUT2D eigenvalue weighted by atomic mass is 10.1. The SMILES string of the molecule is c1cc2c(cc1SCCNCC1CCOC1)OCCCO2. The van der Waals surface area contributed by atoms with E-state index in [1.165, 1.54) is 11.3 Å². The van der Waals surface area contributed by atoms with Gasteiger partial charge in [-0.05, 0) is 30.5 Å². The van der Waals surface area contributed by atoms with Crippen molar-refractivity contribution in [3.05, 3.63) is 18.2 Å². The van der Waals surface area contributed by atoms with Crippen molar-refractivity contribution in [3.8, 4) is 11.5 Å². The molecular formula is C16H23NO3S. The van der Waals surface area contributed by atoms with Gasteiger partial charge < -0.3 is 19.5 Å². The average Bonchev–Trinajstić information content (AvgIpc) is 2.91. The van der Waals surface area contributed by atoms with Crippen LogP contribution in [-0.2, 0) is 4.74 Å². The second kappa shape index (κ2) is 7.92. The number of rotatable bonds is 6. The summed E-state index contributed by atoms with van der Waals surface area (Å²) in [4.78, 5) is 1.24. The second-order valence-corrected chi connectivity index (χ2v) is 6.61. The lowest BCUT2D eigenvalue weighted by molar-refractivity contribution is 0.185. The average molecular weight is 309 g/mol. The Kier molecular flexibility index (Phi) is 5.66. The van der Waals surface area contributed by atoms with Crippen LogP contribution in [0.25, 0.3) is 0 Å². The highest BCUT2D eigenvalue weighted by atomic mass is 32.2. The van der Waals surface area contributed by atoms with Crippen LogP contribution >= 0.6 is 11.8 Å². The highest BCUT2D eigenvalue weighted by molar-refractivity contribution is 7.99. The molecule has 2 heterocycles. The summed E-state index contributed by atoms with van der Waals surface area (Å²) in [5, 5.41) is 3.51. The highest BCUT2D eigenvalue weighted by Crippen LogP contribution is 2.33. The van der Waals surface area contributed by atoms with Gasteiger partial charge in [0.25, 0.3) is 0 Å². The topological polar surface area (TPSA) is 39.7 Å². The number of thioether (sulfide) groups is 1. The summed E-state index contributed by atoms with van der Waals surface area (Å²) in [6.45, 7) is 5.43. The summed E-state index contributed by atoms with van der Waals surface area (Å²) in [5.41, 5.74) is 0. The molecule has 0 bridgehead atoms. The fourth-order valence-corrected chi connectivity index (χ4v) is 3.36. The molecule has 21 heavy (non-hydrogen) atoms. The van der Waals surface area contributed by atoms with Gasteiger partial charge in [0.05, 0.1) is 19.8 Å². The Balaban J connectivity index is 1.39. The molecule has 1 fully saturated rings. The van der Waals surface area contributed by atoms with E-state index < -0.39 is 0 Å². The quantitative estimate of drug-likeness (QED) is 0.646. The van der Waals surface area contributed by atoms with Gasteiger partial charge in [-0.1, -0.05) is 0 Å². The molecule has 116 valence electrons. The maximum absolute atomic E-state index is 5.72. The van der Waals surface area contributed by atoms with Gasteiger partial charge in [-0.15, -0.1) is 11.8 Å². The maximum Gasteiger partial charge on any atom is 0.162 e. The number of fused-ring (bicyclic) bond motifs is 1. The first-order chi connectivity index (χ1) is 10.4. The third-order valence-corrected chi connectivity index (χ3v) is 4.72. The van der Waals surface area contributed by atoms with Crippen LogP contribution in [0.3, 0.4) is 0 Å². The Morgan fingerprint density at radius 3 is 2.90 bits per heavy atom. The standard InChI is InChI=1S/C16H23NO3S/c1-6-19-15-3-2-14(10-16(15)20-7-1)21-9-5-17-11-13-4-8-18-12-13/h2-3,10,13,17H,1,4-9,11-12H2. The Bertz CT molecular complexity index is 449. The summed E-state index contributed by atoms with van der Waals surface area (Å²) in [5.74, 6) is 3.52. The van der Waals surface area contributed by atoms with Gasteiger partial charge in [-0.3, -0.25) is 0 Å². The lowest BCUT2D eigenvalue weighted by Gasteiger charge is -2.10. The Morgan fingerprint density at radius 2 is 2.05 bits per heavy atom. The molecule has 3 rings (SSSR count). The van der Waals surface area contributed by atoms with Gasteiger partial charge in [0, 0.05) is 36.8 Å². The maximum atomic E-state index is 5.72. The highest BCUT2D eigenvalue weighted by Gasteiger charge is 2.14. The molecule has 5 heteroatoms. The second-order valence-electron chi connectivity index (χ2n) is 5.44. The summed E-state index contributed by atoms with van der Waals surface area (Å²) in [6, 6.07) is 6.23. The molecule has 0 saturated carbocycles. The molecule has 1 saturated heterocycles. The monoisotopic (exact) mass is 309 g/mol. The summed E-state index contributed by atoms with van der Waals surface area (Å²) in [7, 11) is 0. The minimum absolute atomic E-state index is 0.702. The third kappa shape index (κ3) is 4.53. The number of ether oxygens (including phenoxy) is 3. The van der Waals surface area contributed by atoms with Gasteiger partial charge in [-0.2, -0.15) is 0 Å². The van der Waals surface area contributed by atoms with Crippen molar-refractivity contribution in [2.75, 3.05) is 45.3 Å². The van der Waals surface area contributed by atoms with Gasteiger partial charge in [0.15, 0.2) is 11.5 Å². The molecule has 1 aromatic rings. The molecule has 0 amide bonds. The largest absolute Gasteiger partial charge is 0.490 e. The van der Waals surface area contributed by atoms with Crippen LogP contribution in [0.4, 0.5) is 0 Å². The number of nitrogens with one attached hydrogen (secondary N) is 1. The summed E-state index contributed by atoms with van der Waals surface area (Å²) >= 11 is 1.85. The van der Waals surface area contributed by atoms with E-state index >= 15 is 0 Å². The predicted molar refractivity (Wildman–Crippen MR) is 84.6 cm³/mol. The van der Waals surface area contributed by atoms with Crippen LogP contribution in [0.5, 0.6) is 11.5 Å². The number of hydrogen-bond acceptors (Lipinski definition) is 5. The lowest BCUT2D eigenvalue weighted by Crippen LogP contribution is -2.25. The molecule has 1 aromatic carbocycles. The first-order valence-electron chi connectivity index (χ1n) is 7.73. The van der Waals surface area contributed by atoms with Crippen molar-refractivity contribution in [1.82, 2.24) is 5.32 Å². The Morgan fingerprint density at radius 1 is 1.14 bits per heavy atom. The van der Waals surface area contributed by atoms with Crippen molar-refractivity contribution in [1.29, 1.82) is 0 Å². The molecule has 0 radical (unpaired) electrons. The summed E-state index contributed by atoms with van der Waals surface area (Å²) < 4.78 is 16.7. The van der Waals surface area contributed by atoms with E-state index in [4.69, 9.17) is 14.2 Å². The van der Waals surface area contributed by atoms with Gasteiger partial charge >= 0.3 is 0 Å². The normalized spacial score (nSPS) is 21.2. The number of benzene rings is 1. The van der Waals surface area contributed by atoms with Crippen LogP contribution in [0, 0.1) is 5.92 Å². The molecule has 1 N–H and O–H groups in total. The smallest absolute Gasteiger partial charge is 0.162 e. The van der Waals surface area contributed by atoms with E-state index in [0.29, 0.717) is 5.92 Å². The molecule has 1 unspecified atom stereocenters. The minimum Gasteiger partial charge on any atom is -0.490 e. The molecule has 1 atom stereocenters. The fourth-order valence-electron chi connectivity index (χ4n) is 2.52. The van der Waals surface area contributed by atoms with Crippen molar-refractivity contribution in [3.63, 3.8) is 0 Å². The van der Waals surface area contributed by atoms with E-state index in [9.17, 15) is 0 Å². The molecule has 0 spiro atoms.